The van der Waals surface area contributed by atoms with E-state index in [1.807, 2.05) is 0 Å². The van der Waals surface area contributed by atoms with Crippen molar-refractivity contribution < 1.29 is 13.9 Å². The highest BCUT2D eigenvalue weighted by Gasteiger charge is 2.49. The molecule has 1 aromatic rings. The van der Waals surface area contributed by atoms with Crippen LogP contribution in [-0.4, -0.2) is 25.4 Å². The van der Waals surface area contributed by atoms with Crippen molar-refractivity contribution in [2.24, 2.45) is 0 Å². The molecule has 1 aliphatic carbocycles. The van der Waals surface area contributed by atoms with Crippen LogP contribution in [0.1, 0.15) is 11.3 Å². The van der Waals surface area contributed by atoms with Gasteiger partial charge in [-0.3, -0.25) is 4.98 Å². The smallest absolute Gasteiger partial charge is 0.228 e. The number of hydrogen-bond donors (Lipinski definition) is 0. The fourth-order valence-corrected chi connectivity index (χ4v) is 1.95. The predicted molar refractivity (Wildman–Crippen MR) is 48.5 cm³/mol. The molecule has 76 valence electrons. The van der Waals surface area contributed by atoms with Crippen molar-refractivity contribution in [1.29, 1.82) is 0 Å². The Morgan fingerprint density at radius 1 is 1.50 bits per heavy atom. The fraction of sp³-hybridized carbons (Fsp3) is 0.500. The van der Waals surface area contributed by atoms with Gasteiger partial charge in [-0.25, -0.2) is 4.39 Å². The number of rotatable bonds is 2. The quantitative estimate of drug-likeness (QED) is 0.672. The van der Waals surface area contributed by atoms with E-state index in [9.17, 15) is 4.39 Å². The Balaban J connectivity index is 2.53. The van der Waals surface area contributed by atoms with Crippen LogP contribution in [-0.2, 0) is 21.7 Å². The third kappa shape index (κ3) is 1.07. The molecule has 0 saturated carbocycles. The topological polar surface area (TPSA) is 31.4 Å². The SMILES string of the molecule is COC1(OC)c2cccnc2CC1F. The van der Waals surface area contributed by atoms with Gasteiger partial charge in [0.15, 0.2) is 6.17 Å². The van der Waals surface area contributed by atoms with Crippen molar-refractivity contribution in [3.8, 4) is 0 Å². The van der Waals surface area contributed by atoms with Gasteiger partial charge in [0.2, 0.25) is 5.79 Å². The number of pyridine rings is 1. The molecular formula is C10H12FNO2. The molecule has 1 aromatic heterocycles. The largest absolute Gasteiger partial charge is 0.347 e. The highest BCUT2D eigenvalue weighted by Crippen LogP contribution is 2.40. The first-order valence-electron chi connectivity index (χ1n) is 4.43. The van der Waals surface area contributed by atoms with E-state index < -0.39 is 12.0 Å². The molecule has 0 N–H and O–H groups in total. The summed E-state index contributed by atoms with van der Waals surface area (Å²) in [5.41, 5.74) is 1.40. The van der Waals surface area contributed by atoms with Crippen molar-refractivity contribution in [3.63, 3.8) is 0 Å². The number of aromatic nitrogens is 1. The molecule has 4 heteroatoms. The van der Waals surface area contributed by atoms with E-state index in [2.05, 4.69) is 4.98 Å². The molecule has 3 nitrogen and oxygen atoms in total. The van der Waals surface area contributed by atoms with E-state index in [0.29, 0.717) is 11.3 Å². The summed E-state index contributed by atoms with van der Waals surface area (Å²) >= 11 is 0. The fourth-order valence-electron chi connectivity index (χ4n) is 1.95. The molecule has 1 unspecified atom stereocenters. The van der Waals surface area contributed by atoms with Crippen molar-refractivity contribution in [1.82, 2.24) is 4.98 Å². The van der Waals surface area contributed by atoms with Gasteiger partial charge in [-0.2, -0.15) is 0 Å². The molecule has 0 amide bonds. The van der Waals surface area contributed by atoms with E-state index in [1.54, 1.807) is 18.3 Å². The molecule has 14 heavy (non-hydrogen) atoms. The minimum absolute atomic E-state index is 0.248. The lowest BCUT2D eigenvalue weighted by Gasteiger charge is -2.28. The zero-order chi connectivity index (χ0) is 10.2. The molecule has 1 heterocycles. The average Bonchev–Trinajstić information content (AvgIpc) is 2.50. The van der Waals surface area contributed by atoms with Crippen LogP contribution in [0.25, 0.3) is 0 Å². The lowest BCUT2D eigenvalue weighted by Crippen LogP contribution is -2.37. The monoisotopic (exact) mass is 197 g/mol. The molecule has 1 atom stereocenters. The molecule has 0 aromatic carbocycles. The third-order valence-electron chi connectivity index (χ3n) is 2.66. The van der Waals surface area contributed by atoms with Gasteiger partial charge < -0.3 is 9.47 Å². The molecule has 0 radical (unpaired) electrons. The molecule has 0 aliphatic heterocycles. The first-order valence-corrected chi connectivity index (χ1v) is 4.43. The van der Waals surface area contributed by atoms with Gasteiger partial charge in [0.05, 0.1) is 5.69 Å². The van der Waals surface area contributed by atoms with Crippen LogP contribution in [0.4, 0.5) is 4.39 Å². The Bertz CT molecular complexity index is 339. The first-order chi connectivity index (χ1) is 6.74. The first kappa shape index (κ1) is 9.55. The minimum Gasteiger partial charge on any atom is -0.347 e. The summed E-state index contributed by atoms with van der Waals surface area (Å²) in [7, 11) is 2.89. The van der Waals surface area contributed by atoms with Gasteiger partial charge >= 0.3 is 0 Å². The van der Waals surface area contributed by atoms with E-state index >= 15 is 0 Å². The van der Waals surface area contributed by atoms with Crippen LogP contribution < -0.4 is 0 Å². The van der Waals surface area contributed by atoms with Crippen LogP contribution in [0, 0.1) is 0 Å². The van der Waals surface area contributed by atoms with Crippen LogP contribution in [0.15, 0.2) is 18.3 Å². The van der Waals surface area contributed by atoms with E-state index in [0.717, 1.165) is 0 Å². The normalized spacial score (nSPS) is 23.5. The highest BCUT2D eigenvalue weighted by atomic mass is 19.1. The number of fused-ring (bicyclic) bond motifs is 1. The molecule has 0 spiro atoms. The lowest BCUT2D eigenvalue weighted by molar-refractivity contribution is -0.244. The summed E-state index contributed by atoms with van der Waals surface area (Å²) in [6, 6.07) is 3.54. The van der Waals surface area contributed by atoms with Crippen LogP contribution in [0.2, 0.25) is 0 Å². The van der Waals surface area contributed by atoms with Crippen molar-refractivity contribution in [2.75, 3.05) is 14.2 Å². The predicted octanol–water partition coefficient (Wildman–Crippen LogP) is 1.42. The zero-order valence-electron chi connectivity index (χ0n) is 8.16. The molecule has 0 fully saturated rings. The van der Waals surface area contributed by atoms with Crippen molar-refractivity contribution >= 4 is 0 Å². The maximum atomic E-state index is 13.7. The van der Waals surface area contributed by atoms with Crippen LogP contribution in [0.3, 0.4) is 0 Å². The standard InChI is InChI=1S/C10H12FNO2/c1-13-10(14-2)7-4-3-5-12-8(7)6-9(10)11/h3-5,9H,6H2,1-2H3. The van der Waals surface area contributed by atoms with Crippen LogP contribution in [0.5, 0.6) is 0 Å². The number of nitrogens with zero attached hydrogens (tertiary/aromatic N) is 1. The maximum Gasteiger partial charge on any atom is 0.228 e. The summed E-state index contributed by atoms with van der Waals surface area (Å²) in [5, 5.41) is 0. The number of hydrogen-bond acceptors (Lipinski definition) is 3. The summed E-state index contributed by atoms with van der Waals surface area (Å²) in [6.07, 6.45) is 0.701. The molecular weight excluding hydrogens is 185 g/mol. The second-order valence-electron chi connectivity index (χ2n) is 3.25. The summed E-state index contributed by atoms with van der Waals surface area (Å²) < 4.78 is 24.0. The van der Waals surface area contributed by atoms with Gasteiger partial charge in [-0.1, -0.05) is 6.07 Å². The summed E-state index contributed by atoms with van der Waals surface area (Å²) in [4.78, 5) is 4.10. The summed E-state index contributed by atoms with van der Waals surface area (Å²) in [5.74, 6) is -1.26. The number of alkyl halides is 1. The number of halogens is 1. The van der Waals surface area contributed by atoms with Gasteiger partial charge in [0, 0.05) is 32.4 Å². The molecule has 2 rings (SSSR count). The molecule has 0 bridgehead atoms. The Kier molecular flexibility index (Phi) is 2.25. The minimum atomic E-state index is -1.26. The second-order valence-corrected chi connectivity index (χ2v) is 3.25. The van der Waals surface area contributed by atoms with Gasteiger partial charge in [0.1, 0.15) is 0 Å². The Hall–Kier alpha value is -1.00. The Labute approximate surface area is 81.9 Å². The van der Waals surface area contributed by atoms with Crippen molar-refractivity contribution in [3.05, 3.63) is 29.6 Å². The molecule has 0 saturated heterocycles. The van der Waals surface area contributed by atoms with Gasteiger partial charge in [0.25, 0.3) is 0 Å². The van der Waals surface area contributed by atoms with Crippen molar-refractivity contribution in [2.45, 2.75) is 18.4 Å². The highest BCUT2D eigenvalue weighted by molar-refractivity contribution is 5.32. The Morgan fingerprint density at radius 3 is 2.86 bits per heavy atom. The van der Waals surface area contributed by atoms with Crippen LogP contribution >= 0.6 is 0 Å². The van der Waals surface area contributed by atoms with E-state index in [4.69, 9.17) is 9.47 Å². The van der Waals surface area contributed by atoms with E-state index in [1.165, 1.54) is 14.2 Å². The average molecular weight is 197 g/mol. The number of ether oxygens (including phenoxy) is 2. The van der Waals surface area contributed by atoms with Gasteiger partial charge in [-0.15, -0.1) is 0 Å². The van der Waals surface area contributed by atoms with Gasteiger partial charge in [-0.05, 0) is 6.07 Å². The Morgan fingerprint density at radius 2 is 2.21 bits per heavy atom. The third-order valence-corrected chi connectivity index (χ3v) is 2.66. The molecule has 1 aliphatic rings. The summed E-state index contributed by atoms with van der Waals surface area (Å²) in [6.45, 7) is 0. The second kappa shape index (κ2) is 3.29. The zero-order valence-corrected chi connectivity index (χ0v) is 8.16. The van der Waals surface area contributed by atoms with E-state index in [-0.39, 0.29) is 6.42 Å². The number of methoxy groups -OCH3 is 2. The lowest BCUT2D eigenvalue weighted by atomic mass is 10.1. The maximum absolute atomic E-state index is 13.7.